The van der Waals surface area contributed by atoms with E-state index in [1.54, 1.807) is 0 Å². The SMILES string of the molecule is CCCCC/C=C\C/C=C\CCCCCCC(O)CN(CCCCSSCCN1CCN(CCOC(=O)CCCCN(CC(O)CCCCCCCCCCCC)CC(O)CCCCCCCCCCCC)CC1)CC(O)CCCCCC/C=C\C/C=C\CCCCC. The van der Waals surface area contributed by atoms with Gasteiger partial charge in [-0.1, -0.05) is 291 Å². The van der Waals surface area contributed by atoms with Crippen LogP contribution in [0.4, 0.5) is 0 Å². The standard InChI is InChI=1S/C81H156N4O6S2/c1-5-9-13-17-21-25-29-31-33-35-39-43-47-51-59-79(88)75-85(76-80(89)60-52-48-44-40-36-34-32-30-26-22-18-14-10-6-2)63-55-56-71-92-93-72-69-83-66-64-82(65-67-83)68-70-91-81(90)61-53-54-62-84(73-77(86)57-49-45-41-37-27-23-19-15-11-7-3)74-78(87)58-50-46-42-38-28-24-20-16-12-8-4/h21-22,25-26,31-34,77-80,86-89H,5-20,23-24,27-30,35-76H2,1-4H3/b25-21-,26-22-,33-31-,34-32-. The molecular formula is C81H156N4O6S2. The molecule has 4 N–H and O–H groups in total. The molecule has 1 fully saturated rings. The third kappa shape index (κ3) is 65.2. The van der Waals surface area contributed by atoms with Crippen LogP contribution in [0, 0.1) is 0 Å². The normalized spacial score (nSPS) is 15.0. The highest BCUT2D eigenvalue weighted by molar-refractivity contribution is 8.76. The molecule has 10 nitrogen and oxygen atoms in total. The fourth-order valence-electron chi connectivity index (χ4n) is 12.8. The molecule has 0 bridgehead atoms. The summed E-state index contributed by atoms with van der Waals surface area (Å²) in [6.45, 7) is 19.7. The summed E-state index contributed by atoms with van der Waals surface area (Å²) in [5, 5.41) is 44.6. The molecule has 0 aromatic carbocycles. The van der Waals surface area contributed by atoms with Crippen LogP contribution in [0.25, 0.3) is 0 Å². The summed E-state index contributed by atoms with van der Waals surface area (Å²) < 4.78 is 5.74. The van der Waals surface area contributed by atoms with Crippen molar-refractivity contribution in [3.05, 3.63) is 48.6 Å². The van der Waals surface area contributed by atoms with Crippen LogP contribution in [0.3, 0.4) is 0 Å². The lowest BCUT2D eigenvalue weighted by molar-refractivity contribution is -0.144. The van der Waals surface area contributed by atoms with Crippen molar-refractivity contribution in [2.24, 2.45) is 0 Å². The Hall–Kier alpha value is -1.19. The number of aliphatic hydroxyl groups excluding tert-OH is 4. The van der Waals surface area contributed by atoms with Crippen molar-refractivity contribution < 1.29 is 30.0 Å². The lowest BCUT2D eigenvalue weighted by Gasteiger charge is -2.34. The molecule has 1 saturated heterocycles. The number of esters is 1. The van der Waals surface area contributed by atoms with Gasteiger partial charge < -0.3 is 25.2 Å². The Balaban J connectivity index is 2.40. The molecule has 4 unspecified atom stereocenters. The number of aliphatic hydroxyl groups is 4. The van der Waals surface area contributed by atoms with Crippen molar-refractivity contribution in [2.45, 2.75) is 367 Å². The average molecular weight is 1350 g/mol. The zero-order valence-electron chi connectivity index (χ0n) is 61.9. The molecule has 1 aliphatic heterocycles. The van der Waals surface area contributed by atoms with Crippen molar-refractivity contribution in [2.75, 3.05) is 96.6 Å². The Bertz CT molecular complexity index is 1560. The summed E-state index contributed by atoms with van der Waals surface area (Å²) >= 11 is 0. The van der Waals surface area contributed by atoms with Crippen LogP contribution >= 0.6 is 21.6 Å². The number of hydrogen-bond acceptors (Lipinski definition) is 12. The third-order valence-electron chi connectivity index (χ3n) is 18.9. The summed E-state index contributed by atoms with van der Waals surface area (Å²) in [4.78, 5) is 22.5. The number of hydrogen-bond donors (Lipinski definition) is 4. The van der Waals surface area contributed by atoms with E-state index < -0.39 is 0 Å². The number of rotatable bonds is 73. The van der Waals surface area contributed by atoms with Crippen LogP contribution in [0.15, 0.2) is 48.6 Å². The van der Waals surface area contributed by atoms with E-state index in [-0.39, 0.29) is 30.4 Å². The smallest absolute Gasteiger partial charge is 0.305 e. The van der Waals surface area contributed by atoms with Gasteiger partial charge in [-0.25, -0.2) is 0 Å². The van der Waals surface area contributed by atoms with Crippen molar-refractivity contribution in [1.29, 1.82) is 0 Å². The maximum atomic E-state index is 12.9. The Morgan fingerprint density at radius 3 is 1.04 bits per heavy atom. The first-order chi connectivity index (χ1) is 45.7. The number of piperazine rings is 1. The molecule has 93 heavy (non-hydrogen) atoms. The first kappa shape index (κ1) is 89.8. The lowest BCUT2D eigenvalue weighted by atomic mass is 10.0. The first-order valence-electron chi connectivity index (χ1n) is 40.3. The molecule has 548 valence electrons. The molecule has 0 aromatic heterocycles. The van der Waals surface area contributed by atoms with Crippen LogP contribution in [-0.4, -0.2) is 167 Å². The fourth-order valence-corrected chi connectivity index (χ4v) is 15.0. The van der Waals surface area contributed by atoms with Gasteiger partial charge in [0.2, 0.25) is 0 Å². The number of carbonyl (C=O) groups is 1. The molecular weight excluding hydrogens is 1190 g/mol. The van der Waals surface area contributed by atoms with Gasteiger partial charge in [-0.3, -0.25) is 24.4 Å². The second-order valence-electron chi connectivity index (χ2n) is 28.1. The molecule has 0 amide bonds. The van der Waals surface area contributed by atoms with Crippen molar-refractivity contribution in [3.8, 4) is 0 Å². The van der Waals surface area contributed by atoms with E-state index in [0.29, 0.717) is 39.2 Å². The second kappa shape index (κ2) is 72.1. The van der Waals surface area contributed by atoms with Gasteiger partial charge in [-0.05, 0) is 129 Å². The van der Waals surface area contributed by atoms with E-state index in [1.165, 1.54) is 205 Å². The van der Waals surface area contributed by atoms with Gasteiger partial charge in [0, 0.05) is 83.4 Å². The highest BCUT2D eigenvalue weighted by atomic mass is 33.1. The van der Waals surface area contributed by atoms with Gasteiger partial charge >= 0.3 is 5.97 Å². The maximum Gasteiger partial charge on any atom is 0.305 e. The van der Waals surface area contributed by atoms with Crippen molar-refractivity contribution in [3.63, 3.8) is 0 Å². The largest absolute Gasteiger partial charge is 0.464 e. The van der Waals surface area contributed by atoms with Crippen LogP contribution < -0.4 is 0 Å². The average Bonchev–Trinajstić information content (AvgIpc) is 3.76. The lowest BCUT2D eigenvalue weighted by Crippen LogP contribution is -2.47. The van der Waals surface area contributed by atoms with E-state index in [9.17, 15) is 25.2 Å². The molecule has 0 saturated carbocycles. The van der Waals surface area contributed by atoms with Crippen LogP contribution in [0.1, 0.15) is 342 Å². The minimum atomic E-state index is -0.380. The number of nitrogens with zero attached hydrogens (tertiary/aromatic N) is 4. The molecule has 1 rings (SSSR count). The predicted octanol–water partition coefficient (Wildman–Crippen LogP) is 21.0. The summed E-state index contributed by atoms with van der Waals surface area (Å²) in [5.74, 6) is 2.13. The number of carbonyl (C=O) groups excluding carboxylic acids is 1. The molecule has 1 aliphatic rings. The van der Waals surface area contributed by atoms with Gasteiger partial charge in [0.1, 0.15) is 6.61 Å². The Morgan fingerprint density at radius 1 is 0.366 bits per heavy atom. The van der Waals surface area contributed by atoms with E-state index in [0.717, 1.165) is 167 Å². The van der Waals surface area contributed by atoms with Crippen LogP contribution in [0.2, 0.25) is 0 Å². The zero-order chi connectivity index (χ0) is 67.2. The maximum absolute atomic E-state index is 12.9. The van der Waals surface area contributed by atoms with Gasteiger partial charge in [-0.2, -0.15) is 0 Å². The number of ether oxygens (including phenoxy) is 1. The topological polar surface area (TPSA) is 120 Å². The summed E-state index contributed by atoms with van der Waals surface area (Å²) in [7, 11) is 3.98. The quantitative estimate of drug-likeness (QED) is 0.0201. The van der Waals surface area contributed by atoms with Crippen LogP contribution in [0.5, 0.6) is 0 Å². The molecule has 0 aromatic rings. The predicted molar refractivity (Wildman–Crippen MR) is 411 cm³/mol. The number of allylic oxidation sites excluding steroid dienone is 8. The minimum absolute atomic E-state index is 0.114. The summed E-state index contributed by atoms with van der Waals surface area (Å²) in [5.41, 5.74) is 0. The van der Waals surface area contributed by atoms with E-state index in [4.69, 9.17) is 4.74 Å². The zero-order valence-corrected chi connectivity index (χ0v) is 63.5. The first-order valence-corrected chi connectivity index (χ1v) is 42.8. The number of unbranched alkanes of at least 4 members (excludes halogenated alkanes) is 34. The van der Waals surface area contributed by atoms with Crippen molar-refractivity contribution >= 4 is 27.6 Å². The molecule has 0 radical (unpaired) electrons. The minimum Gasteiger partial charge on any atom is -0.464 e. The Labute approximate surface area is 585 Å². The Morgan fingerprint density at radius 2 is 0.667 bits per heavy atom. The molecule has 0 spiro atoms. The van der Waals surface area contributed by atoms with E-state index in [1.807, 2.05) is 21.6 Å². The van der Waals surface area contributed by atoms with Crippen LogP contribution in [-0.2, 0) is 9.53 Å². The molecule has 12 heteroatoms. The summed E-state index contributed by atoms with van der Waals surface area (Å²) in [6.07, 6.45) is 74.5. The third-order valence-corrected chi connectivity index (χ3v) is 21.4. The molecule has 4 atom stereocenters. The van der Waals surface area contributed by atoms with Gasteiger partial charge in [0.15, 0.2) is 0 Å². The van der Waals surface area contributed by atoms with Gasteiger partial charge in [0.05, 0.1) is 24.4 Å². The monoisotopic (exact) mass is 1350 g/mol. The molecule has 0 aliphatic carbocycles. The van der Waals surface area contributed by atoms with Gasteiger partial charge in [-0.15, -0.1) is 0 Å². The highest BCUT2D eigenvalue weighted by Crippen LogP contribution is 2.24. The second-order valence-corrected chi connectivity index (χ2v) is 30.8. The van der Waals surface area contributed by atoms with E-state index in [2.05, 4.69) is 95.9 Å². The molecule has 1 heterocycles. The van der Waals surface area contributed by atoms with Crippen molar-refractivity contribution in [1.82, 2.24) is 19.6 Å². The highest BCUT2D eigenvalue weighted by Gasteiger charge is 2.20. The fraction of sp³-hybridized carbons (Fsp3) is 0.889. The summed E-state index contributed by atoms with van der Waals surface area (Å²) in [6, 6.07) is 0. The van der Waals surface area contributed by atoms with E-state index >= 15 is 0 Å². The van der Waals surface area contributed by atoms with Gasteiger partial charge in [0.25, 0.3) is 0 Å². The Kier molecular flexibility index (Phi) is 69.6.